The molecule has 0 aromatic rings. The van der Waals surface area contributed by atoms with Crippen molar-refractivity contribution < 1.29 is 0 Å². The Kier molecular flexibility index (Phi) is 89.1. The van der Waals surface area contributed by atoms with Crippen molar-refractivity contribution in [3.8, 4) is 0 Å². The number of hydrogen-bond acceptors (Lipinski definition) is 0. The van der Waals surface area contributed by atoms with Gasteiger partial charge in [0.25, 0.3) is 0 Å². The summed E-state index contributed by atoms with van der Waals surface area (Å²) in [6.07, 6.45) is 20.6. The monoisotopic (exact) mass is 308 g/mol. The average molecular weight is 309 g/mol. The van der Waals surface area contributed by atoms with Crippen molar-refractivity contribution in [2.24, 2.45) is 0 Å². The first-order valence-electron chi connectivity index (χ1n) is 8.55. The Morgan fingerprint density at radius 2 is 0.955 bits per heavy atom. The van der Waals surface area contributed by atoms with Crippen molar-refractivity contribution in [3.05, 3.63) is 61.8 Å². The molecule has 0 aliphatic heterocycles. The van der Waals surface area contributed by atoms with Gasteiger partial charge in [-0.15, -0.1) is 13.2 Å². The minimum atomic E-state index is 1.08. The van der Waals surface area contributed by atoms with Crippen LogP contribution in [-0.4, -0.2) is 0 Å². The van der Waals surface area contributed by atoms with Gasteiger partial charge in [0.2, 0.25) is 0 Å². The van der Waals surface area contributed by atoms with Crippen molar-refractivity contribution in [1.29, 1.82) is 0 Å². The third-order valence-electron chi connectivity index (χ3n) is 1.92. The van der Waals surface area contributed by atoms with E-state index in [9.17, 15) is 0 Å². The highest BCUT2D eigenvalue weighted by Gasteiger charge is 1.61. The second-order valence-corrected chi connectivity index (χ2v) is 4.08. The zero-order valence-corrected chi connectivity index (χ0v) is 16.9. The lowest BCUT2D eigenvalue weighted by Crippen LogP contribution is -1.52. The Hall–Kier alpha value is -1.30. The van der Waals surface area contributed by atoms with Crippen molar-refractivity contribution in [2.45, 2.75) is 81.1 Å². The molecular formula is C22H44. The average Bonchev–Trinajstić information content (AvgIpc) is 2.57. The van der Waals surface area contributed by atoms with E-state index in [0.717, 1.165) is 19.3 Å². The fourth-order valence-corrected chi connectivity index (χ4v) is 0.440. The maximum absolute atomic E-state index is 3.55. The van der Waals surface area contributed by atoms with Gasteiger partial charge in [-0.05, 0) is 53.9 Å². The summed E-state index contributed by atoms with van der Waals surface area (Å²) in [4.78, 5) is 0. The van der Waals surface area contributed by atoms with Crippen LogP contribution in [0, 0.1) is 0 Å². The fourth-order valence-electron chi connectivity index (χ4n) is 0.440. The first-order chi connectivity index (χ1) is 10.6. The van der Waals surface area contributed by atoms with Crippen molar-refractivity contribution in [3.63, 3.8) is 0 Å². The van der Waals surface area contributed by atoms with Crippen LogP contribution in [0.4, 0.5) is 0 Å². The molecule has 0 rings (SSSR count). The van der Waals surface area contributed by atoms with Crippen LogP contribution in [0.1, 0.15) is 81.1 Å². The molecule has 0 bridgehead atoms. The van der Waals surface area contributed by atoms with E-state index in [2.05, 4.69) is 46.1 Å². The number of allylic oxidation sites excluding steroid dienone is 8. The molecule has 0 amide bonds. The van der Waals surface area contributed by atoms with Crippen LogP contribution < -0.4 is 0 Å². The Bertz CT molecular complexity index is 198. The minimum Gasteiger partial charge on any atom is -0.103 e. The van der Waals surface area contributed by atoms with E-state index in [1.54, 1.807) is 0 Å². The van der Waals surface area contributed by atoms with Crippen molar-refractivity contribution >= 4 is 0 Å². The molecule has 0 unspecified atom stereocenters. The molecule has 0 aliphatic carbocycles. The quantitative estimate of drug-likeness (QED) is 0.455. The van der Waals surface area contributed by atoms with Gasteiger partial charge in [-0.1, -0.05) is 75.8 Å². The largest absolute Gasteiger partial charge is 0.103 e. The highest BCUT2D eigenvalue weighted by Crippen LogP contribution is 1.82. The van der Waals surface area contributed by atoms with Crippen molar-refractivity contribution in [2.75, 3.05) is 0 Å². The maximum Gasteiger partial charge on any atom is -0.0356 e. The molecule has 0 fully saturated rings. The zero-order valence-electron chi connectivity index (χ0n) is 16.9. The Balaban J connectivity index is -0.0000000550. The van der Waals surface area contributed by atoms with E-state index in [1.165, 1.54) is 6.42 Å². The summed E-state index contributed by atoms with van der Waals surface area (Å²) >= 11 is 0. The molecular weight excluding hydrogens is 264 g/mol. The topological polar surface area (TPSA) is 0 Å². The van der Waals surface area contributed by atoms with E-state index in [4.69, 9.17) is 0 Å². The summed E-state index contributed by atoms with van der Waals surface area (Å²) in [5.41, 5.74) is 0. The number of unbranched alkanes of at least 4 members (excludes halogenated alkanes) is 1. The minimum absolute atomic E-state index is 1.08. The second-order valence-electron chi connectivity index (χ2n) is 4.08. The van der Waals surface area contributed by atoms with Crippen LogP contribution in [-0.2, 0) is 0 Å². The molecule has 132 valence electrons. The van der Waals surface area contributed by atoms with Gasteiger partial charge in [0.1, 0.15) is 0 Å². The van der Waals surface area contributed by atoms with E-state index < -0.39 is 0 Å². The summed E-state index contributed by atoms with van der Waals surface area (Å²) in [5, 5.41) is 0. The molecule has 0 nitrogen and oxygen atoms in total. The van der Waals surface area contributed by atoms with Crippen LogP contribution in [0.5, 0.6) is 0 Å². The predicted octanol–water partition coefficient (Wildman–Crippen LogP) is 8.69. The molecule has 0 radical (unpaired) electrons. The zero-order chi connectivity index (χ0) is 18.5. The van der Waals surface area contributed by atoms with Crippen LogP contribution in [0.2, 0.25) is 0 Å². The van der Waals surface area contributed by atoms with Crippen LogP contribution in [0.15, 0.2) is 61.8 Å². The molecule has 0 spiro atoms. The lowest BCUT2D eigenvalue weighted by molar-refractivity contribution is 0.961. The molecule has 0 aliphatic rings. The number of rotatable bonds is 4. The lowest BCUT2D eigenvalue weighted by atomic mass is 10.3. The van der Waals surface area contributed by atoms with Gasteiger partial charge in [-0.25, -0.2) is 0 Å². The molecule has 22 heavy (non-hydrogen) atoms. The Morgan fingerprint density at radius 3 is 0.955 bits per heavy atom. The van der Waals surface area contributed by atoms with E-state index in [-0.39, 0.29) is 0 Å². The number of hydrogen-bond donors (Lipinski definition) is 0. The molecule has 0 aromatic carbocycles. The van der Waals surface area contributed by atoms with Gasteiger partial charge in [0.15, 0.2) is 0 Å². The van der Waals surface area contributed by atoms with Gasteiger partial charge < -0.3 is 0 Å². The van der Waals surface area contributed by atoms with E-state index in [1.807, 2.05) is 71.1 Å². The molecule has 0 aromatic heterocycles. The first-order valence-corrected chi connectivity index (χ1v) is 8.55. The molecule has 0 saturated heterocycles. The Morgan fingerprint density at radius 1 is 0.591 bits per heavy atom. The van der Waals surface area contributed by atoms with E-state index in [0.29, 0.717) is 0 Å². The summed E-state index contributed by atoms with van der Waals surface area (Å²) in [5.74, 6) is 0. The summed E-state index contributed by atoms with van der Waals surface area (Å²) in [6.45, 7) is 23.4. The third kappa shape index (κ3) is 180. The molecule has 0 heterocycles. The summed E-state index contributed by atoms with van der Waals surface area (Å²) in [7, 11) is 0. The first kappa shape index (κ1) is 32.6. The summed E-state index contributed by atoms with van der Waals surface area (Å²) in [6, 6.07) is 0. The Labute approximate surface area is 143 Å². The highest BCUT2D eigenvalue weighted by molar-refractivity contribution is 4.73. The molecule has 0 atom stereocenters. The fraction of sp³-hybridized carbons (Fsp3) is 0.545. The molecule has 0 N–H and O–H groups in total. The van der Waals surface area contributed by atoms with Gasteiger partial charge in [0.05, 0.1) is 0 Å². The van der Waals surface area contributed by atoms with Crippen molar-refractivity contribution in [1.82, 2.24) is 0 Å². The lowest BCUT2D eigenvalue weighted by Gasteiger charge is -1.72. The smallest absolute Gasteiger partial charge is 0.0356 e. The molecule has 0 heteroatoms. The van der Waals surface area contributed by atoms with Gasteiger partial charge in [-0.2, -0.15) is 0 Å². The summed E-state index contributed by atoms with van der Waals surface area (Å²) < 4.78 is 0. The SMILES string of the molecule is C/C=C/C.C/C=C\C.C/C=C\CC.C=CCC.C=CCCC. The van der Waals surface area contributed by atoms with Gasteiger partial charge >= 0.3 is 0 Å². The van der Waals surface area contributed by atoms with Gasteiger partial charge in [-0.3, -0.25) is 0 Å². The van der Waals surface area contributed by atoms with Crippen LogP contribution in [0.25, 0.3) is 0 Å². The highest BCUT2D eigenvalue weighted by atomic mass is 13.7. The normalized spacial score (nSPS) is 8.55. The molecule has 0 saturated carbocycles. The second kappa shape index (κ2) is 60.2. The third-order valence-corrected chi connectivity index (χ3v) is 1.92. The van der Waals surface area contributed by atoms with Crippen LogP contribution >= 0.6 is 0 Å². The maximum atomic E-state index is 3.55. The van der Waals surface area contributed by atoms with E-state index >= 15 is 0 Å². The van der Waals surface area contributed by atoms with Gasteiger partial charge in [0, 0.05) is 0 Å². The standard InChI is InChI=1S/2C5H10.3C4H8/c2*1-3-5-4-2;3*1-3-4-2/h3,5H,4H2,1-2H3;3H,1,4-5H2,2H3;2*3-4H,1-2H3;3H,1,4H2,2H3/b5-3-;;4-3+;4-3-;. The van der Waals surface area contributed by atoms with Crippen LogP contribution in [0.3, 0.4) is 0 Å². The predicted molar refractivity (Wildman–Crippen MR) is 112 cm³/mol.